The molecule has 2 atom stereocenters. The summed E-state index contributed by atoms with van der Waals surface area (Å²) in [7, 11) is 0. The summed E-state index contributed by atoms with van der Waals surface area (Å²) >= 11 is 0. The van der Waals surface area contributed by atoms with Crippen LogP contribution >= 0.6 is 0 Å². The van der Waals surface area contributed by atoms with E-state index in [2.05, 4.69) is 10.6 Å². The second kappa shape index (κ2) is 9.52. The SMILES string of the molecule is CC(C)C[C@H](NC(=O)OC(C)(C)C)C(=O)N[C@H]1CCC(=O)N(CC(=O)O)C1=O. The third-order valence-corrected chi connectivity index (χ3v) is 3.84. The molecule has 0 saturated carbocycles. The summed E-state index contributed by atoms with van der Waals surface area (Å²) in [6, 6.07) is -1.96. The van der Waals surface area contributed by atoms with E-state index in [0.717, 1.165) is 0 Å². The van der Waals surface area contributed by atoms with Gasteiger partial charge in [-0.05, 0) is 39.5 Å². The van der Waals surface area contributed by atoms with Crippen LogP contribution in [0.2, 0.25) is 0 Å². The molecule has 1 rings (SSSR count). The smallest absolute Gasteiger partial charge is 0.408 e. The topological polar surface area (TPSA) is 142 Å². The van der Waals surface area contributed by atoms with Gasteiger partial charge in [-0.2, -0.15) is 0 Å². The summed E-state index contributed by atoms with van der Waals surface area (Å²) in [5, 5.41) is 13.9. The van der Waals surface area contributed by atoms with Gasteiger partial charge in [-0.1, -0.05) is 13.8 Å². The summed E-state index contributed by atoms with van der Waals surface area (Å²) < 4.78 is 5.17. The Kier molecular flexibility index (Phi) is 7.95. The average Bonchev–Trinajstić information content (AvgIpc) is 2.51. The van der Waals surface area contributed by atoms with Crippen LogP contribution in [0.1, 0.15) is 53.9 Å². The van der Waals surface area contributed by atoms with Crippen LogP contribution in [0.4, 0.5) is 4.79 Å². The van der Waals surface area contributed by atoms with Crippen molar-refractivity contribution in [3.05, 3.63) is 0 Å². The minimum Gasteiger partial charge on any atom is -0.480 e. The zero-order chi connectivity index (χ0) is 21.6. The fourth-order valence-corrected chi connectivity index (χ4v) is 2.70. The Labute approximate surface area is 164 Å². The van der Waals surface area contributed by atoms with Gasteiger partial charge in [0.15, 0.2) is 0 Å². The van der Waals surface area contributed by atoms with Crippen LogP contribution in [0.25, 0.3) is 0 Å². The molecule has 1 aliphatic rings. The first-order valence-electron chi connectivity index (χ1n) is 9.16. The Bertz CT molecular complexity index is 640. The molecule has 10 heteroatoms. The van der Waals surface area contributed by atoms with Gasteiger partial charge in [0.25, 0.3) is 5.91 Å². The van der Waals surface area contributed by atoms with Gasteiger partial charge in [0.2, 0.25) is 11.8 Å². The number of carboxylic acids is 1. The molecule has 0 unspecified atom stereocenters. The number of carboxylic acid groups (broad SMARTS) is 1. The van der Waals surface area contributed by atoms with Crippen molar-refractivity contribution in [3.8, 4) is 0 Å². The van der Waals surface area contributed by atoms with Crippen molar-refractivity contribution in [2.75, 3.05) is 6.54 Å². The third kappa shape index (κ3) is 7.53. The second-order valence-electron chi connectivity index (χ2n) is 8.14. The third-order valence-electron chi connectivity index (χ3n) is 3.84. The van der Waals surface area contributed by atoms with E-state index in [1.54, 1.807) is 20.8 Å². The lowest BCUT2D eigenvalue weighted by Crippen LogP contribution is -2.58. The fraction of sp³-hybridized carbons (Fsp3) is 0.722. The van der Waals surface area contributed by atoms with Gasteiger partial charge in [0.05, 0.1) is 0 Å². The molecule has 158 valence electrons. The number of nitrogens with zero attached hydrogens (tertiary/aromatic N) is 1. The number of aliphatic carboxylic acids is 1. The fourth-order valence-electron chi connectivity index (χ4n) is 2.70. The number of rotatable bonds is 7. The van der Waals surface area contributed by atoms with Gasteiger partial charge in [-0.15, -0.1) is 0 Å². The Hall–Kier alpha value is -2.65. The molecular formula is C18H29N3O7. The Morgan fingerprint density at radius 2 is 1.86 bits per heavy atom. The Balaban J connectivity index is 2.83. The maximum absolute atomic E-state index is 12.7. The molecule has 0 aromatic rings. The molecule has 28 heavy (non-hydrogen) atoms. The first kappa shape index (κ1) is 23.4. The summed E-state index contributed by atoms with van der Waals surface area (Å²) in [5.41, 5.74) is -0.736. The molecule has 0 aliphatic carbocycles. The summed E-state index contributed by atoms with van der Waals surface area (Å²) in [6.07, 6.45) is -0.437. The van der Waals surface area contributed by atoms with E-state index in [1.165, 1.54) is 0 Å². The van der Waals surface area contributed by atoms with Crippen molar-refractivity contribution in [2.45, 2.75) is 71.6 Å². The standard InChI is InChI=1S/C18H29N3O7/c1-10(2)8-12(20-17(27)28-18(3,4)5)15(25)19-11-6-7-13(22)21(16(11)26)9-14(23)24/h10-12H,6-9H2,1-5H3,(H,19,25)(H,20,27)(H,23,24)/t11-,12-/m0/s1. The highest BCUT2D eigenvalue weighted by Gasteiger charge is 2.37. The van der Waals surface area contributed by atoms with Crippen molar-refractivity contribution < 1.29 is 33.8 Å². The number of carbonyl (C=O) groups is 5. The highest BCUT2D eigenvalue weighted by atomic mass is 16.6. The van der Waals surface area contributed by atoms with E-state index >= 15 is 0 Å². The monoisotopic (exact) mass is 399 g/mol. The lowest BCUT2D eigenvalue weighted by Gasteiger charge is -2.31. The largest absolute Gasteiger partial charge is 0.480 e. The lowest BCUT2D eigenvalue weighted by atomic mass is 10.0. The number of hydrogen-bond donors (Lipinski definition) is 3. The lowest BCUT2D eigenvalue weighted by molar-refractivity contribution is -0.156. The highest BCUT2D eigenvalue weighted by molar-refractivity contribution is 6.04. The van der Waals surface area contributed by atoms with Gasteiger partial charge in [-0.3, -0.25) is 24.1 Å². The molecule has 1 fully saturated rings. The van der Waals surface area contributed by atoms with Crippen LogP contribution in [0, 0.1) is 5.92 Å². The van der Waals surface area contributed by atoms with E-state index in [1.807, 2.05) is 13.8 Å². The highest BCUT2D eigenvalue weighted by Crippen LogP contribution is 2.15. The molecule has 0 aromatic heterocycles. The molecule has 0 spiro atoms. The van der Waals surface area contributed by atoms with E-state index in [-0.39, 0.29) is 18.8 Å². The van der Waals surface area contributed by atoms with Crippen molar-refractivity contribution in [1.82, 2.24) is 15.5 Å². The number of hydrogen-bond acceptors (Lipinski definition) is 6. The van der Waals surface area contributed by atoms with Crippen LogP contribution < -0.4 is 10.6 Å². The number of carbonyl (C=O) groups excluding carboxylic acids is 4. The Morgan fingerprint density at radius 1 is 1.25 bits per heavy atom. The molecular weight excluding hydrogens is 370 g/mol. The molecule has 4 amide bonds. The van der Waals surface area contributed by atoms with Crippen LogP contribution in [0.15, 0.2) is 0 Å². The zero-order valence-electron chi connectivity index (χ0n) is 16.9. The maximum Gasteiger partial charge on any atom is 0.408 e. The van der Waals surface area contributed by atoms with Crippen molar-refractivity contribution in [2.24, 2.45) is 5.92 Å². The minimum absolute atomic E-state index is 0.0572. The summed E-state index contributed by atoms with van der Waals surface area (Å²) in [6.45, 7) is 8.07. The quantitative estimate of drug-likeness (QED) is 0.533. The number of likely N-dealkylation sites (tertiary alicyclic amines) is 1. The molecule has 3 N–H and O–H groups in total. The molecule has 0 radical (unpaired) electrons. The van der Waals surface area contributed by atoms with Crippen LogP contribution in [-0.2, 0) is 23.9 Å². The first-order valence-corrected chi connectivity index (χ1v) is 9.16. The predicted octanol–water partition coefficient (Wildman–Crippen LogP) is 0.644. The molecule has 1 heterocycles. The van der Waals surface area contributed by atoms with Crippen LogP contribution in [-0.4, -0.2) is 64.0 Å². The molecule has 1 saturated heterocycles. The van der Waals surface area contributed by atoms with Gasteiger partial charge in [-0.25, -0.2) is 4.79 Å². The predicted molar refractivity (Wildman–Crippen MR) is 98.1 cm³/mol. The zero-order valence-corrected chi connectivity index (χ0v) is 16.9. The molecule has 0 aromatic carbocycles. The molecule has 0 bridgehead atoms. The van der Waals surface area contributed by atoms with Crippen molar-refractivity contribution in [1.29, 1.82) is 0 Å². The van der Waals surface area contributed by atoms with Crippen molar-refractivity contribution in [3.63, 3.8) is 0 Å². The van der Waals surface area contributed by atoms with Crippen LogP contribution in [0.3, 0.4) is 0 Å². The minimum atomic E-state index is -1.32. The van der Waals surface area contributed by atoms with E-state index in [4.69, 9.17) is 9.84 Å². The van der Waals surface area contributed by atoms with E-state index < -0.39 is 54.0 Å². The molecule has 10 nitrogen and oxygen atoms in total. The maximum atomic E-state index is 12.7. The van der Waals surface area contributed by atoms with Gasteiger partial charge >= 0.3 is 12.1 Å². The van der Waals surface area contributed by atoms with Crippen molar-refractivity contribution >= 4 is 29.8 Å². The number of imide groups is 1. The second-order valence-corrected chi connectivity index (χ2v) is 8.14. The first-order chi connectivity index (χ1) is 12.8. The van der Waals surface area contributed by atoms with Gasteiger partial charge in [0, 0.05) is 6.42 Å². The van der Waals surface area contributed by atoms with E-state index in [9.17, 15) is 24.0 Å². The van der Waals surface area contributed by atoms with Gasteiger partial charge in [0.1, 0.15) is 24.2 Å². The number of nitrogens with one attached hydrogen (secondary N) is 2. The van der Waals surface area contributed by atoms with Crippen LogP contribution in [0.5, 0.6) is 0 Å². The Morgan fingerprint density at radius 3 is 2.36 bits per heavy atom. The number of ether oxygens (including phenoxy) is 1. The number of amides is 4. The van der Waals surface area contributed by atoms with Gasteiger partial charge < -0.3 is 20.5 Å². The summed E-state index contributed by atoms with van der Waals surface area (Å²) in [4.78, 5) is 60.3. The van der Waals surface area contributed by atoms with E-state index in [0.29, 0.717) is 11.3 Å². The summed E-state index contributed by atoms with van der Waals surface area (Å²) in [5.74, 6) is -3.21. The normalized spacial score (nSPS) is 18.6. The number of alkyl carbamates (subject to hydrolysis) is 1. The number of piperidine rings is 1. The average molecular weight is 399 g/mol. The molecule has 1 aliphatic heterocycles.